The monoisotopic (exact) mass is 1090 g/mol. The predicted molar refractivity (Wildman–Crippen MR) is 288 cm³/mol. The summed E-state index contributed by atoms with van der Waals surface area (Å²) in [5, 5.41) is 1.80. The molecule has 3 fully saturated rings. The van der Waals surface area contributed by atoms with Gasteiger partial charge in [-0.25, -0.2) is 33.6 Å². The Morgan fingerprint density at radius 2 is 0.937 bits per heavy atom. The topological polar surface area (TPSA) is 230 Å². The zero-order chi connectivity index (χ0) is 57.0. The molecule has 6 aromatic rings. The molecular formula is C58H66N4O17. The number of esters is 3. The molecule has 3 aliphatic rings. The van der Waals surface area contributed by atoms with Crippen molar-refractivity contribution in [1.29, 1.82) is 0 Å². The van der Waals surface area contributed by atoms with E-state index >= 15 is 0 Å². The molecule has 0 unspecified atom stereocenters. The number of hydrogen-bond donors (Lipinski definition) is 0. The number of aromatic nitrogens is 1. The summed E-state index contributed by atoms with van der Waals surface area (Å²) in [7, 11) is 4.22. The largest absolute Gasteiger partial charge is 0.493 e. The number of amides is 3. The maximum atomic E-state index is 14.6. The Morgan fingerprint density at radius 3 is 1.39 bits per heavy atom. The third kappa shape index (κ3) is 11.3. The number of likely N-dealkylation sites (tertiary alicyclic amines) is 3. The Morgan fingerprint density at radius 1 is 0.506 bits per heavy atom. The van der Waals surface area contributed by atoms with Gasteiger partial charge in [-0.1, -0.05) is 6.07 Å². The Hall–Kier alpha value is -8.23. The summed E-state index contributed by atoms with van der Waals surface area (Å²) in [4.78, 5) is 100.0. The number of ether oxygens (including phenoxy) is 9. The lowest BCUT2D eigenvalue weighted by atomic mass is 9.97. The molecule has 79 heavy (non-hydrogen) atoms. The first-order chi connectivity index (χ1) is 37.3. The maximum Gasteiger partial charge on any atom is 0.411 e. The highest BCUT2D eigenvalue weighted by atomic mass is 16.6. The van der Waals surface area contributed by atoms with Crippen LogP contribution < -0.4 is 34.0 Å². The van der Waals surface area contributed by atoms with Crippen molar-refractivity contribution < 1.29 is 75.8 Å². The molecule has 9 rings (SSSR count). The zero-order valence-electron chi connectivity index (χ0n) is 46.5. The SMILES string of the molecule is COc1cc(-c2c3c4cc(OC)c(OC(=O)[C@@H]5CCCN5C(=O)OC(C)(C)C)cc4oc(=O)c3n3ccc4cc(OC(=O)[C@@H]5CCCN5C(=O)OC(C)(C)C)c(OC)cc4c23)ccc1OC(=O)[C@@H]1CCCN1C(=O)OC(C)(C)C. The molecule has 6 heterocycles. The van der Waals surface area contributed by atoms with E-state index in [1.165, 1.54) is 42.1 Å². The van der Waals surface area contributed by atoms with Gasteiger partial charge in [0.1, 0.15) is 46.0 Å². The number of carbonyl (C=O) groups excluding carboxylic acids is 6. The summed E-state index contributed by atoms with van der Waals surface area (Å²) in [5.74, 6) is -1.69. The number of benzene rings is 3. The summed E-state index contributed by atoms with van der Waals surface area (Å²) >= 11 is 0. The minimum absolute atomic E-state index is 0.0146. The molecule has 0 aliphatic carbocycles. The lowest BCUT2D eigenvalue weighted by molar-refractivity contribution is -0.140. The second-order valence-electron chi connectivity index (χ2n) is 22.7. The van der Waals surface area contributed by atoms with Crippen LogP contribution >= 0.6 is 0 Å². The van der Waals surface area contributed by atoms with Crippen LogP contribution in [0.25, 0.3) is 49.3 Å². The maximum absolute atomic E-state index is 14.6. The molecule has 3 amide bonds. The number of pyridine rings is 1. The second-order valence-corrected chi connectivity index (χ2v) is 22.7. The minimum Gasteiger partial charge on any atom is -0.493 e. The first kappa shape index (κ1) is 55.5. The third-order valence-electron chi connectivity index (χ3n) is 13.7. The predicted octanol–water partition coefficient (Wildman–Crippen LogP) is 9.96. The number of rotatable bonds is 10. The van der Waals surface area contributed by atoms with Gasteiger partial charge in [-0.3, -0.25) is 14.7 Å². The molecule has 0 radical (unpaired) electrons. The highest BCUT2D eigenvalue weighted by molar-refractivity contribution is 6.22. The second kappa shape index (κ2) is 21.2. The molecule has 420 valence electrons. The fourth-order valence-corrected chi connectivity index (χ4v) is 10.4. The van der Waals surface area contributed by atoms with Gasteiger partial charge in [0.25, 0.3) is 0 Å². The third-order valence-corrected chi connectivity index (χ3v) is 13.7. The molecule has 0 saturated carbocycles. The van der Waals surface area contributed by atoms with Gasteiger partial charge in [0.2, 0.25) is 0 Å². The molecule has 0 bridgehead atoms. The van der Waals surface area contributed by atoms with E-state index in [4.69, 9.17) is 47.0 Å². The highest BCUT2D eigenvalue weighted by Crippen LogP contribution is 2.47. The summed E-state index contributed by atoms with van der Waals surface area (Å²) in [6, 6.07) is 10.1. The van der Waals surface area contributed by atoms with E-state index < -0.39 is 76.7 Å². The molecular weight excluding hydrogens is 1020 g/mol. The summed E-state index contributed by atoms with van der Waals surface area (Å²) < 4.78 is 60.1. The van der Waals surface area contributed by atoms with Crippen LogP contribution in [0.15, 0.2) is 63.9 Å². The van der Waals surface area contributed by atoms with E-state index in [1.807, 2.05) is 0 Å². The van der Waals surface area contributed by atoms with Crippen molar-refractivity contribution in [3.63, 3.8) is 0 Å². The van der Waals surface area contributed by atoms with Crippen molar-refractivity contribution in [3.8, 4) is 45.6 Å². The van der Waals surface area contributed by atoms with E-state index in [0.29, 0.717) is 89.8 Å². The van der Waals surface area contributed by atoms with Crippen molar-refractivity contribution in [1.82, 2.24) is 19.1 Å². The molecule has 0 N–H and O–H groups in total. The van der Waals surface area contributed by atoms with Crippen LogP contribution in [0.4, 0.5) is 14.4 Å². The van der Waals surface area contributed by atoms with Crippen molar-refractivity contribution >= 4 is 74.3 Å². The number of carbonyl (C=O) groups is 6. The van der Waals surface area contributed by atoms with Crippen LogP contribution in [0, 0.1) is 0 Å². The fourth-order valence-electron chi connectivity index (χ4n) is 10.4. The Bertz CT molecular complexity index is 3510. The van der Waals surface area contributed by atoms with E-state index in [9.17, 15) is 33.6 Å². The molecule has 3 saturated heterocycles. The lowest BCUT2D eigenvalue weighted by Gasteiger charge is -2.27. The lowest BCUT2D eigenvalue weighted by Crippen LogP contribution is -2.44. The smallest absolute Gasteiger partial charge is 0.411 e. The summed E-state index contributed by atoms with van der Waals surface area (Å²) in [5.41, 5.74) is -1.66. The van der Waals surface area contributed by atoms with Crippen molar-refractivity contribution in [2.24, 2.45) is 0 Å². The Balaban J connectivity index is 1.18. The zero-order valence-corrected chi connectivity index (χ0v) is 46.5. The number of methoxy groups -OCH3 is 3. The fraction of sp³-hybridized carbons (Fsp3) is 0.466. The van der Waals surface area contributed by atoms with Crippen molar-refractivity contribution in [2.45, 2.75) is 136 Å². The standard InChI is InChI=1S/C58H66N4O17/c1-56(2,3)77-53(67)59-22-13-16-35(59)49(63)73-38-20-19-32(27-40(38)70-10)45-46-34-29-42(72-12)44(76-51(65)37-18-15-24-61(37)55(69)79-58(7,8)9)30-39(34)74-52(66)48(46)62-25-21-31-26-43(41(71-11)28-33(31)47(45)62)75-50(64)36-17-14-23-60(36)54(68)78-57(4,5)6/h19-21,25-30,35-37H,13-18,22-24H2,1-12H3/t35-,36-,37-/m0/s1. The van der Waals surface area contributed by atoms with Crippen molar-refractivity contribution in [2.75, 3.05) is 41.0 Å². The normalized spacial score (nSPS) is 17.8. The van der Waals surface area contributed by atoms with Crippen LogP contribution in [0.3, 0.4) is 0 Å². The quantitative estimate of drug-likeness (QED) is 0.0537. The van der Waals surface area contributed by atoms with Gasteiger partial charge in [0.05, 0.1) is 26.8 Å². The molecule has 21 nitrogen and oxygen atoms in total. The molecule has 3 aliphatic heterocycles. The van der Waals surface area contributed by atoms with E-state index in [1.54, 1.807) is 115 Å². The van der Waals surface area contributed by atoms with Crippen LogP contribution in [0.2, 0.25) is 0 Å². The first-order valence-electron chi connectivity index (χ1n) is 26.2. The van der Waals surface area contributed by atoms with Crippen LogP contribution in [-0.2, 0) is 28.6 Å². The van der Waals surface area contributed by atoms with Crippen LogP contribution in [-0.4, -0.2) is 131 Å². The van der Waals surface area contributed by atoms with Gasteiger partial charge in [0, 0.05) is 53.6 Å². The van der Waals surface area contributed by atoms with Crippen molar-refractivity contribution in [3.05, 3.63) is 65.1 Å². The highest BCUT2D eigenvalue weighted by Gasteiger charge is 2.41. The van der Waals surface area contributed by atoms with E-state index in [2.05, 4.69) is 0 Å². The van der Waals surface area contributed by atoms with E-state index in [-0.39, 0.29) is 52.1 Å². The molecule has 3 atom stereocenters. The van der Waals surface area contributed by atoms with E-state index in [0.717, 1.165) is 0 Å². The summed E-state index contributed by atoms with van der Waals surface area (Å²) in [6.45, 7) is 16.6. The number of hydrogen-bond acceptors (Lipinski definition) is 17. The van der Waals surface area contributed by atoms with Gasteiger partial charge in [-0.15, -0.1) is 0 Å². The average molecular weight is 1090 g/mol. The molecule has 0 spiro atoms. The first-order valence-corrected chi connectivity index (χ1v) is 26.2. The summed E-state index contributed by atoms with van der Waals surface area (Å²) in [6.07, 6.45) is 2.46. The average Bonchev–Trinajstić information content (AvgIpc) is 4.03. The molecule has 3 aromatic heterocycles. The Kier molecular flexibility index (Phi) is 14.9. The number of nitrogens with zero attached hydrogens (tertiary/aromatic N) is 4. The minimum atomic E-state index is -0.962. The van der Waals surface area contributed by atoms with Gasteiger partial charge < -0.3 is 51.4 Å². The molecule has 3 aromatic carbocycles. The van der Waals surface area contributed by atoms with Crippen LogP contribution in [0.1, 0.15) is 101 Å². The molecule has 21 heteroatoms. The Labute approximate surface area is 455 Å². The van der Waals surface area contributed by atoms with Gasteiger partial charge in [-0.05, 0) is 148 Å². The van der Waals surface area contributed by atoms with Gasteiger partial charge in [0.15, 0.2) is 34.5 Å². The van der Waals surface area contributed by atoms with Crippen LogP contribution in [0.5, 0.6) is 34.5 Å². The number of fused-ring (bicyclic) bond motifs is 7. The van der Waals surface area contributed by atoms with Gasteiger partial charge >= 0.3 is 41.8 Å². The van der Waals surface area contributed by atoms with Gasteiger partial charge in [-0.2, -0.15) is 0 Å².